The highest BCUT2D eigenvalue weighted by atomic mass is 16.5. The molecule has 0 bridgehead atoms. The number of para-hydroxylation sites is 1. The van der Waals surface area contributed by atoms with Gasteiger partial charge in [0.15, 0.2) is 0 Å². The molecule has 278 valence electrons. The van der Waals surface area contributed by atoms with Crippen LogP contribution in [0.15, 0.2) is 42.6 Å². The van der Waals surface area contributed by atoms with Crippen LogP contribution in [0.1, 0.15) is 55.2 Å². The van der Waals surface area contributed by atoms with Crippen LogP contribution in [-0.2, 0) is 27.2 Å². The summed E-state index contributed by atoms with van der Waals surface area (Å²) in [4.78, 5) is 60.8. The van der Waals surface area contributed by atoms with Crippen molar-refractivity contribution in [1.82, 2.24) is 35.1 Å². The number of aryl methyl sites for hydroxylation is 1. The third-order valence-electron chi connectivity index (χ3n) is 11.9. The minimum Gasteiger partial charge on any atom is -0.468 e. The highest BCUT2D eigenvalue weighted by molar-refractivity contribution is 5.91. The fourth-order valence-corrected chi connectivity index (χ4v) is 8.87. The molecule has 13 heteroatoms. The number of piperidine rings is 3. The number of hydrogen-bond donors (Lipinski definition) is 3. The minimum atomic E-state index is -0.707. The van der Waals surface area contributed by atoms with Crippen LogP contribution < -0.4 is 10.6 Å². The molecule has 5 heterocycles. The maximum atomic E-state index is 14.3. The number of esters is 1. The van der Waals surface area contributed by atoms with Gasteiger partial charge in [0.2, 0.25) is 5.91 Å². The smallest absolute Gasteiger partial charge is 0.322 e. The number of urea groups is 2. The summed E-state index contributed by atoms with van der Waals surface area (Å²) in [7, 11) is 1.43. The van der Waals surface area contributed by atoms with Gasteiger partial charge in [0.25, 0.3) is 0 Å². The molecule has 0 spiro atoms. The van der Waals surface area contributed by atoms with E-state index >= 15 is 0 Å². The Kier molecular flexibility index (Phi) is 11.0. The van der Waals surface area contributed by atoms with Crippen LogP contribution in [0.4, 0.5) is 15.3 Å². The molecule has 2 aromatic carbocycles. The molecular formula is C39H52N8O5. The lowest BCUT2D eigenvalue weighted by molar-refractivity contribution is -0.142. The van der Waals surface area contributed by atoms with Crippen LogP contribution in [0.25, 0.3) is 10.9 Å². The van der Waals surface area contributed by atoms with Crippen molar-refractivity contribution in [3.8, 4) is 0 Å². The monoisotopic (exact) mass is 712 g/mol. The van der Waals surface area contributed by atoms with Crippen molar-refractivity contribution < 1.29 is 23.9 Å². The number of nitrogens with one attached hydrogen (secondary N) is 3. The van der Waals surface area contributed by atoms with Gasteiger partial charge in [-0.2, -0.15) is 5.10 Å². The molecule has 1 unspecified atom stereocenters. The molecule has 3 fully saturated rings. The first-order valence-corrected chi connectivity index (χ1v) is 19.0. The number of methoxy groups -OCH3 is 1. The Morgan fingerprint density at radius 1 is 0.923 bits per heavy atom. The fraction of sp³-hybridized carbons (Fsp3) is 0.564. The van der Waals surface area contributed by atoms with Gasteiger partial charge in [-0.15, -0.1) is 0 Å². The van der Waals surface area contributed by atoms with Crippen molar-refractivity contribution in [1.29, 1.82) is 0 Å². The first-order chi connectivity index (χ1) is 25.2. The van der Waals surface area contributed by atoms with Crippen molar-refractivity contribution >= 4 is 40.5 Å². The van der Waals surface area contributed by atoms with Gasteiger partial charge in [0, 0.05) is 56.3 Å². The standard InChI is InChI=1S/C39H52N8O5/c1-26-21-27(22-31-24-40-43-36(26)31)23-34(37(49)45-16-9-29(10-17-45)28-7-14-44(15-8-28)25-35(48)52-2)42-38(50)46-18-12-32(13-19-46)47-20-11-30-5-3-4-6-33(30)41-39(47)51/h3-6,21-22,24,28-29,32,34H,7-20,23,25H2,1-2H3,(H,40,43)(H,41,51)(H,42,50). The van der Waals surface area contributed by atoms with Gasteiger partial charge in [0.05, 0.1) is 25.4 Å². The summed E-state index contributed by atoms with van der Waals surface area (Å²) in [6.45, 7) is 7.17. The topological polar surface area (TPSA) is 143 Å². The molecular weight excluding hydrogens is 660 g/mol. The van der Waals surface area contributed by atoms with Gasteiger partial charge in [-0.3, -0.25) is 19.6 Å². The molecule has 3 aromatic rings. The summed E-state index contributed by atoms with van der Waals surface area (Å²) < 4.78 is 4.84. The summed E-state index contributed by atoms with van der Waals surface area (Å²) in [5, 5.41) is 14.5. The quantitative estimate of drug-likeness (QED) is 0.298. The second kappa shape index (κ2) is 15.9. The van der Waals surface area contributed by atoms with Gasteiger partial charge in [-0.25, -0.2) is 9.59 Å². The van der Waals surface area contributed by atoms with Crippen LogP contribution in [0, 0.1) is 18.8 Å². The molecule has 13 nitrogen and oxygen atoms in total. The maximum Gasteiger partial charge on any atom is 0.322 e. The molecule has 0 saturated carbocycles. The second-order valence-corrected chi connectivity index (χ2v) is 15.1. The lowest BCUT2D eigenvalue weighted by atomic mass is 9.78. The Bertz CT molecular complexity index is 1750. The summed E-state index contributed by atoms with van der Waals surface area (Å²) in [5.74, 6) is 0.903. The van der Waals surface area contributed by atoms with E-state index in [4.69, 9.17) is 4.74 Å². The number of likely N-dealkylation sites (tertiary alicyclic amines) is 3. The first kappa shape index (κ1) is 35.7. The van der Waals surface area contributed by atoms with Crippen LogP contribution in [-0.4, -0.2) is 125 Å². The predicted molar refractivity (Wildman–Crippen MR) is 198 cm³/mol. The number of aromatic amines is 1. The molecule has 1 aromatic heterocycles. The Balaban J connectivity index is 0.970. The SMILES string of the molecule is COC(=O)CN1CCC(C2CCN(C(=O)C(Cc3cc(C)c4[nH]ncc4c3)NC(=O)N3CCC(N4CCc5ccccc5NC4=O)CC3)CC2)CC1. The third-order valence-corrected chi connectivity index (χ3v) is 11.9. The average Bonchev–Trinajstić information content (AvgIpc) is 3.58. The summed E-state index contributed by atoms with van der Waals surface area (Å²) in [5.41, 5.74) is 4.99. The van der Waals surface area contributed by atoms with E-state index in [9.17, 15) is 19.2 Å². The number of H-pyrrole nitrogens is 1. The van der Waals surface area contributed by atoms with E-state index < -0.39 is 6.04 Å². The number of fused-ring (bicyclic) bond motifs is 2. The van der Waals surface area contributed by atoms with Crippen molar-refractivity contribution in [2.45, 2.75) is 70.4 Å². The van der Waals surface area contributed by atoms with Crippen molar-refractivity contribution in [2.75, 3.05) is 64.8 Å². The summed E-state index contributed by atoms with van der Waals surface area (Å²) >= 11 is 0. The first-order valence-electron chi connectivity index (χ1n) is 19.0. The zero-order valence-electron chi connectivity index (χ0n) is 30.4. The van der Waals surface area contributed by atoms with Gasteiger partial charge in [-0.05, 0) is 106 Å². The second-order valence-electron chi connectivity index (χ2n) is 15.1. The number of ether oxygens (including phenoxy) is 1. The van der Waals surface area contributed by atoms with Crippen molar-refractivity contribution in [3.05, 3.63) is 59.3 Å². The lowest BCUT2D eigenvalue weighted by Crippen LogP contribution is -2.57. The summed E-state index contributed by atoms with van der Waals surface area (Å²) in [6.07, 6.45) is 8.32. The number of rotatable bonds is 8. The van der Waals surface area contributed by atoms with Crippen LogP contribution in [0.5, 0.6) is 0 Å². The molecule has 4 aliphatic heterocycles. The third kappa shape index (κ3) is 8.04. The lowest BCUT2D eigenvalue weighted by Gasteiger charge is -2.41. The van der Waals surface area contributed by atoms with Crippen LogP contribution >= 0.6 is 0 Å². The van der Waals surface area contributed by atoms with E-state index in [0.717, 1.165) is 78.5 Å². The zero-order valence-corrected chi connectivity index (χ0v) is 30.4. The molecule has 4 aliphatic rings. The molecule has 5 amide bonds. The molecule has 3 N–H and O–H groups in total. The normalized spacial score (nSPS) is 20.3. The highest BCUT2D eigenvalue weighted by Crippen LogP contribution is 2.33. The van der Waals surface area contributed by atoms with Gasteiger partial charge in [0.1, 0.15) is 6.04 Å². The van der Waals surface area contributed by atoms with E-state index in [-0.39, 0.29) is 30.0 Å². The molecule has 0 radical (unpaired) electrons. The number of carbonyl (C=O) groups is 4. The minimum absolute atomic E-state index is 0.0414. The van der Waals surface area contributed by atoms with Crippen molar-refractivity contribution in [3.63, 3.8) is 0 Å². The average molecular weight is 713 g/mol. The number of benzene rings is 2. The Morgan fingerprint density at radius 3 is 2.35 bits per heavy atom. The number of amides is 5. The van der Waals surface area contributed by atoms with E-state index in [1.54, 1.807) is 11.1 Å². The van der Waals surface area contributed by atoms with Crippen LogP contribution in [0.2, 0.25) is 0 Å². The maximum absolute atomic E-state index is 14.3. The Labute approximate surface area is 305 Å². The molecule has 52 heavy (non-hydrogen) atoms. The van der Waals surface area contributed by atoms with E-state index in [0.29, 0.717) is 70.4 Å². The van der Waals surface area contributed by atoms with Gasteiger partial charge in [-0.1, -0.05) is 24.3 Å². The molecule has 3 saturated heterocycles. The van der Waals surface area contributed by atoms with Gasteiger partial charge < -0.3 is 30.1 Å². The zero-order chi connectivity index (χ0) is 36.2. The largest absolute Gasteiger partial charge is 0.468 e. The van der Waals surface area contributed by atoms with Crippen LogP contribution in [0.3, 0.4) is 0 Å². The number of aromatic nitrogens is 2. The number of anilines is 1. The van der Waals surface area contributed by atoms with E-state index in [1.165, 1.54) is 7.11 Å². The summed E-state index contributed by atoms with van der Waals surface area (Å²) in [6, 6.07) is 11.1. The molecule has 1 atom stereocenters. The molecule has 7 rings (SSSR count). The van der Waals surface area contributed by atoms with E-state index in [1.807, 2.05) is 41.0 Å². The Hall–Kier alpha value is -4.65. The number of carbonyl (C=O) groups excluding carboxylic acids is 4. The number of hydrogen-bond acceptors (Lipinski definition) is 7. The Morgan fingerprint density at radius 2 is 1.62 bits per heavy atom. The fourth-order valence-electron chi connectivity index (χ4n) is 8.87. The van der Waals surface area contributed by atoms with Gasteiger partial charge >= 0.3 is 18.0 Å². The number of nitrogens with zero attached hydrogens (tertiary/aromatic N) is 5. The predicted octanol–water partition coefficient (Wildman–Crippen LogP) is 4.17. The highest BCUT2D eigenvalue weighted by Gasteiger charge is 2.36. The van der Waals surface area contributed by atoms with E-state index in [2.05, 4.69) is 37.9 Å². The van der Waals surface area contributed by atoms with Crippen molar-refractivity contribution in [2.24, 2.45) is 11.8 Å². The molecule has 0 aliphatic carbocycles.